The van der Waals surface area contributed by atoms with Gasteiger partial charge in [0.15, 0.2) is 10.9 Å². The van der Waals surface area contributed by atoms with Crippen molar-refractivity contribution in [1.82, 2.24) is 39.5 Å². The van der Waals surface area contributed by atoms with E-state index in [1.807, 2.05) is 107 Å². The molecular formula is C38H57N11O5S3. The molecule has 6 rings (SSSR count). The van der Waals surface area contributed by atoms with Gasteiger partial charge in [-0.25, -0.2) is 24.9 Å². The summed E-state index contributed by atoms with van der Waals surface area (Å²) in [4.78, 5) is 68.9. The number of nitrogen functional groups attached to an aromatic ring is 1. The van der Waals surface area contributed by atoms with E-state index < -0.39 is 0 Å². The second-order valence-electron chi connectivity index (χ2n) is 14.2. The van der Waals surface area contributed by atoms with Crippen LogP contribution < -0.4 is 5.73 Å². The first kappa shape index (κ1) is 47.0. The van der Waals surface area contributed by atoms with Gasteiger partial charge in [0.05, 0.1) is 44.4 Å². The van der Waals surface area contributed by atoms with Gasteiger partial charge < -0.3 is 34.8 Å². The Bertz CT molecular complexity index is 1840. The number of rotatable bonds is 9. The van der Waals surface area contributed by atoms with Crippen molar-refractivity contribution in [2.45, 2.75) is 51.4 Å². The zero-order valence-electron chi connectivity index (χ0n) is 35.2. The molecule has 2 N–H and O–H groups in total. The van der Waals surface area contributed by atoms with Gasteiger partial charge in [-0.15, -0.1) is 0 Å². The number of methoxy groups -OCH3 is 2. The zero-order chi connectivity index (χ0) is 42.4. The van der Waals surface area contributed by atoms with Crippen LogP contribution in [-0.2, 0) is 28.7 Å². The van der Waals surface area contributed by atoms with Crippen LogP contribution in [0.15, 0.2) is 33.5 Å². The van der Waals surface area contributed by atoms with Crippen LogP contribution in [-0.4, -0.2) is 161 Å². The minimum absolute atomic E-state index is 0.0961. The highest BCUT2D eigenvalue weighted by atomic mass is 32.1. The zero-order valence-corrected chi connectivity index (χ0v) is 37.6. The predicted octanol–water partition coefficient (Wildman–Crippen LogP) is 5.25. The van der Waals surface area contributed by atoms with E-state index in [-0.39, 0.29) is 23.8 Å². The van der Waals surface area contributed by atoms with E-state index in [0.717, 1.165) is 81.4 Å². The third-order valence-corrected chi connectivity index (χ3v) is 10.8. The summed E-state index contributed by atoms with van der Waals surface area (Å²) in [6.07, 6.45) is 12.6. The Balaban J connectivity index is 0.000000215. The lowest BCUT2D eigenvalue weighted by atomic mass is 9.96. The van der Waals surface area contributed by atoms with Crippen molar-refractivity contribution in [3.8, 4) is 0 Å². The SMILES string of the molecule is CN(C)C=Nc1nc2c(s1)C(=O)/C(=C/N(C)C)CC2.CN(C)C=Nc1nc2c(s1)C(=O)/C(=C/N(C)C)CC2.COC(OC)N(C)C.Nc1nc2c(s1)C(=O)CCC2. The number of hydrogen-bond acceptors (Lipinski definition) is 17. The van der Waals surface area contributed by atoms with Gasteiger partial charge >= 0.3 is 0 Å². The van der Waals surface area contributed by atoms with Crippen LogP contribution in [0.3, 0.4) is 0 Å². The first-order chi connectivity index (χ1) is 26.9. The van der Waals surface area contributed by atoms with Gasteiger partial charge in [0, 0.05) is 101 Å². The van der Waals surface area contributed by atoms with Crippen molar-refractivity contribution in [3.63, 3.8) is 0 Å². The van der Waals surface area contributed by atoms with Crippen LogP contribution in [0.1, 0.15) is 71.8 Å². The third-order valence-electron chi connectivity index (χ3n) is 7.87. The maximum Gasteiger partial charge on any atom is 0.217 e. The van der Waals surface area contributed by atoms with E-state index in [1.165, 1.54) is 34.0 Å². The van der Waals surface area contributed by atoms with Crippen LogP contribution in [0.25, 0.3) is 0 Å². The number of aliphatic imine (C=N–C) groups is 2. The fraction of sp³-hybridized carbons (Fsp3) is 0.526. The quantitative estimate of drug-likeness (QED) is 0.128. The second kappa shape index (κ2) is 22.5. The molecule has 0 amide bonds. The number of aryl methyl sites for hydroxylation is 3. The van der Waals surface area contributed by atoms with Gasteiger partial charge in [0.25, 0.3) is 0 Å². The smallest absolute Gasteiger partial charge is 0.217 e. The molecular weight excluding hydrogens is 787 g/mol. The lowest BCUT2D eigenvalue weighted by Gasteiger charge is -2.19. The number of Topliss-reactive ketones (excluding diaryl/α,β-unsaturated/α-hetero) is 3. The molecule has 0 spiro atoms. The molecule has 3 aliphatic rings. The Labute approximate surface area is 348 Å². The molecule has 312 valence electrons. The van der Waals surface area contributed by atoms with E-state index in [1.54, 1.807) is 26.9 Å². The topological polar surface area (TPSA) is 175 Å². The number of anilines is 1. The number of thiazole rings is 3. The van der Waals surface area contributed by atoms with Gasteiger partial charge in [0.2, 0.25) is 28.2 Å². The summed E-state index contributed by atoms with van der Waals surface area (Å²) in [6, 6.07) is 0. The summed E-state index contributed by atoms with van der Waals surface area (Å²) in [5.74, 6) is 0.401. The van der Waals surface area contributed by atoms with Crippen LogP contribution in [0.4, 0.5) is 15.4 Å². The normalized spacial score (nSPS) is 16.1. The Morgan fingerprint density at radius 2 is 1.04 bits per heavy atom. The lowest BCUT2D eigenvalue weighted by Crippen LogP contribution is -2.30. The van der Waals surface area contributed by atoms with Crippen molar-refractivity contribution >= 4 is 79.4 Å². The van der Waals surface area contributed by atoms with Crippen molar-refractivity contribution in [2.75, 3.05) is 90.4 Å². The maximum absolute atomic E-state index is 12.3. The molecule has 0 atom stereocenters. The Morgan fingerprint density at radius 1 is 0.596 bits per heavy atom. The Hall–Kier alpha value is -4.40. The molecule has 3 aromatic rings. The van der Waals surface area contributed by atoms with E-state index >= 15 is 0 Å². The number of ether oxygens (including phenoxy) is 2. The Kier molecular flexibility index (Phi) is 18.6. The number of allylic oxidation sites excluding steroid dienone is 2. The lowest BCUT2D eigenvalue weighted by molar-refractivity contribution is -0.179. The molecule has 57 heavy (non-hydrogen) atoms. The van der Waals surface area contributed by atoms with E-state index in [4.69, 9.17) is 15.2 Å². The molecule has 0 fully saturated rings. The molecule has 0 saturated carbocycles. The van der Waals surface area contributed by atoms with Crippen molar-refractivity contribution in [2.24, 2.45) is 9.98 Å². The number of ketones is 3. The molecule has 0 aromatic carbocycles. The van der Waals surface area contributed by atoms with Crippen molar-refractivity contribution < 1.29 is 23.9 Å². The first-order valence-corrected chi connectivity index (χ1v) is 20.6. The molecule has 0 unspecified atom stereocenters. The summed E-state index contributed by atoms with van der Waals surface area (Å²) in [7, 11) is 22.3. The molecule has 0 saturated heterocycles. The van der Waals surface area contributed by atoms with Gasteiger partial charge in [-0.2, -0.15) is 0 Å². The number of carbonyl (C=O) groups is 3. The first-order valence-electron chi connectivity index (χ1n) is 18.2. The largest absolute Gasteiger partial charge is 0.383 e. The summed E-state index contributed by atoms with van der Waals surface area (Å²) in [5.41, 5.74) is 9.86. The number of nitrogens with two attached hydrogens (primary N) is 1. The minimum Gasteiger partial charge on any atom is -0.383 e. The summed E-state index contributed by atoms with van der Waals surface area (Å²) >= 11 is 4.06. The maximum atomic E-state index is 12.3. The molecule has 3 heterocycles. The Morgan fingerprint density at radius 3 is 1.39 bits per heavy atom. The average Bonchev–Trinajstić information content (AvgIpc) is 3.87. The number of fused-ring (bicyclic) bond motifs is 3. The van der Waals surface area contributed by atoms with Gasteiger partial charge in [-0.1, -0.05) is 34.0 Å². The highest BCUT2D eigenvalue weighted by molar-refractivity contribution is 7.18. The number of aromatic nitrogens is 3. The van der Waals surface area contributed by atoms with E-state index in [0.29, 0.717) is 21.8 Å². The molecule has 0 aliphatic heterocycles. The standard InChI is InChI=1S/2C13H18N4OS.C7H8N2OS.C5H13NO2/c2*1-16(2)7-9-5-6-10-12(11(9)18)19-13(15-10)14-8-17(3)4;8-7-9-4-2-1-3-5(10)6(4)11-7;1-6(2)5(7-3)8-4/h2*7-8H,5-6H2,1-4H3;1-3H2,(H2,8,9);5H,1-4H3/b2*9-7+,14-8?;;. The predicted molar refractivity (Wildman–Crippen MR) is 232 cm³/mol. The summed E-state index contributed by atoms with van der Waals surface area (Å²) in [6.45, 7) is 0. The van der Waals surface area contributed by atoms with Crippen molar-refractivity contribution in [1.29, 1.82) is 0 Å². The van der Waals surface area contributed by atoms with E-state index in [2.05, 4.69) is 24.9 Å². The average molecular weight is 844 g/mol. The minimum atomic E-state index is -0.213. The number of nitrogens with zero attached hydrogens (tertiary/aromatic N) is 10. The van der Waals surface area contributed by atoms with Crippen LogP contribution in [0.5, 0.6) is 0 Å². The van der Waals surface area contributed by atoms with Gasteiger partial charge in [0.1, 0.15) is 0 Å². The number of carbonyl (C=O) groups excluding carboxylic acids is 3. The third kappa shape index (κ3) is 14.5. The van der Waals surface area contributed by atoms with Crippen molar-refractivity contribution in [3.05, 3.63) is 55.3 Å². The molecule has 16 nitrogen and oxygen atoms in total. The summed E-state index contributed by atoms with van der Waals surface area (Å²) in [5, 5.41) is 1.82. The number of hydrogen-bond donors (Lipinski definition) is 1. The highest BCUT2D eigenvalue weighted by Crippen LogP contribution is 2.34. The highest BCUT2D eigenvalue weighted by Gasteiger charge is 2.27. The summed E-state index contributed by atoms with van der Waals surface area (Å²) < 4.78 is 9.73. The van der Waals surface area contributed by atoms with Gasteiger partial charge in [-0.05, 0) is 52.6 Å². The fourth-order valence-corrected chi connectivity index (χ4v) is 8.21. The molecule has 0 radical (unpaired) electrons. The second-order valence-corrected chi connectivity index (χ2v) is 17.2. The molecule has 19 heteroatoms. The molecule has 0 bridgehead atoms. The monoisotopic (exact) mass is 843 g/mol. The van der Waals surface area contributed by atoms with E-state index in [9.17, 15) is 14.4 Å². The van der Waals surface area contributed by atoms with Crippen LogP contribution in [0.2, 0.25) is 0 Å². The fourth-order valence-electron chi connectivity index (χ4n) is 5.51. The molecule has 3 aromatic heterocycles. The van der Waals surface area contributed by atoms with Gasteiger partial charge in [-0.3, -0.25) is 19.3 Å². The van der Waals surface area contributed by atoms with Crippen LogP contribution in [0, 0.1) is 0 Å². The molecule has 3 aliphatic carbocycles. The van der Waals surface area contributed by atoms with Crippen LogP contribution >= 0.6 is 34.0 Å².